The van der Waals surface area contributed by atoms with Crippen LogP contribution in [-0.2, 0) is 4.74 Å². The first-order chi connectivity index (χ1) is 10.1. The number of aryl methyl sites for hydroxylation is 1. The van der Waals surface area contributed by atoms with E-state index in [2.05, 4.69) is 62.3 Å². The zero-order valence-electron chi connectivity index (χ0n) is 13.4. The number of nitrogens with zero attached hydrogens (tertiary/aromatic N) is 3. The van der Waals surface area contributed by atoms with Gasteiger partial charge in [0.15, 0.2) is 6.23 Å². The molecule has 1 unspecified atom stereocenters. The largest absolute Gasteiger partial charge is 0.356 e. The van der Waals surface area contributed by atoms with Gasteiger partial charge < -0.3 is 4.74 Å². The van der Waals surface area contributed by atoms with Crippen LogP contribution in [0, 0.1) is 12.8 Å². The zero-order valence-corrected chi connectivity index (χ0v) is 13.4. The summed E-state index contributed by atoms with van der Waals surface area (Å²) in [7, 11) is 0. The molecule has 0 aliphatic heterocycles. The van der Waals surface area contributed by atoms with E-state index in [1.165, 1.54) is 5.56 Å². The van der Waals surface area contributed by atoms with Crippen molar-refractivity contribution in [1.29, 1.82) is 0 Å². The molecule has 0 saturated carbocycles. The van der Waals surface area contributed by atoms with Crippen LogP contribution < -0.4 is 0 Å². The summed E-state index contributed by atoms with van der Waals surface area (Å²) in [6, 6.07) is 8.33. The third-order valence-corrected chi connectivity index (χ3v) is 3.31. The lowest BCUT2D eigenvalue weighted by Gasteiger charge is -2.18. The maximum absolute atomic E-state index is 5.96. The maximum atomic E-state index is 5.96. The van der Waals surface area contributed by atoms with E-state index in [1.807, 2.05) is 10.9 Å². The first-order valence-corrected chi connectivity index (χ1v) is 7.70. The molecule has 4 nitrogen and oxygen atoms in total. The fourth-order valence-corrected chi connectivity index (χ4v) is 2.12. The summed E-state index contributed by atoms with van der Waals surface area (Å²) in [5.41, 5.74) is 3.23. The Labute approximate surface area is 127 Å². The van der Waals surface area contributed by atoms with Gasteiger partial charge in [-0.2, -0.15) is 0 Å². The lowest BCUT2D eigenvalue weighted by Crippen LogP contribution is -2.16. The summed E-state index contributed by atoms with van der Waals surface area (Å²) in [6.45, 7) is 9.29. The van der Waals surface area contributed by atoms with Gasteiger partial charge in [-0.3, -0.25) is 0 Å². The average molecular weight is 287 g/mol. The smallest absolute Gasteiger partial charge is 0.151 e. The van der Waals surface area contributed by atoms with Crippen molar-refractivity contribution in [3.05, 3.63) is 36.0 Å². The minimum atomic E-state index is -0.0240. The Bertz CT molecular complexity index is 545. The Morgan fingerprint density at radius 2 is 1.90 bits per heavy atom. The van der Waals surface area contributed by atoms with E-state index in [1.54, 1.807) is 0 Å². The summed E-state index contributed by atoms with van der Waals surface area (Å²) in [4.78, 5) is 0. The fourth-order valence-electron chi connectivity index (χ4n) is 2.12. The van der Waals surface area contributed by atoms with Crippen LogP contribution in [-0.4, -0.2) is 21.6 Å². The van der Waals surface area contributed by atoms with E-state index in [0.29, 0.717) is 5.92 Å². The van der Waals surface area contributed by atoms with Crippen molar-refractivity contribution in [2.45, 2.75) is 46.8 Å². The molecule has 0 spiro atoms. The molecule has 2 rings (SSSR count). The highest BCUT2D eigenvalue weighted by Gasteiger charge is 2.14. The molecule has 1 heterocycles. The second-order valence-corrected chi connectivity index (χ2v) is 5.92. The monoisotopic (exact) mass is 287 g/mol. The van der Waals surface area contributed by atoms with Crippen LogP contribution in [0.5, 0.6) is 0 Å². The van der Waals surface area contributed by atoms with Crippen molar-refractivity contribution >= 4 is 0 Å². The Kier molecular flexibility index (Phi) is 5.51. The Balaban J connectivity index is 2.13. The fraction of sp³-hybridized carbons (Fsp3) is 0.529. The first-order valence-electron chi connectivity index (χ1n) is 7.70. The van der Waals surface area contributed by atoms with Crippen LogP contribution in [0.2, 0.25) is 0 Å². The molecule has 0 N–H and O–H groups in total. The highest BCUT2D eigenvalue weighted by Crippen LogP contribution is 2.21. The second-order valence-electron chi connectivity index (χ2n) is 5.92. The summed E-state index contributed by atoms with van der Waals surface area (Å²) in [6.07, 6.45) is 3.96. The quantitative estimate of drug-likeness (QED) is 0.765. The minimum Gasteiger partial charge on any atom is -0.356 e. The predicted molar refractivity (Wildman–Crippen MR) is 84.9 cm³/mol. The topological polar surface area (TPSA) is 39.9 Å². The molecule has 114 valence electrons. The zero-order chi connectivity index (χ0) is 15.2. The van der Waals surface area contributed by atoms with Crippen molar-refractivity contribution in [3.8, 4) is 11.3 Å². The molecule has 0 fully saturated rings. The average Bonchev–Trinajstić information content (AvgIpc) is 2.93. The Morgan fingerprint density at radius 3 is 2.52 bits per heavy atom. The molecule has 0 bridgehead atoms. The number of rotatable bonds is 7. The number of hydrogen-bond acceptors (Lipinski definition) is 3. The lowest BCUT2D eigenvalue weighted by molar-refractivity contribution is -0.0260. The molecule has 4 heteroatoms. The molecular formula is C17H25N3O. The molecule has 2 aromatic rings. The summed E-state index contributed by atoms with van der Waals surface area (Å²) >= 11 is 0. The first kappa shape index (κ1) is 15.7. The molecule has 1 atom stereocenters. The third kappa shape index (κ3) is 4.39. The lowest BCUT2D eigenvalue weighted by atomic mass is 10.1. The second kappa shape index (κ2) is 7.36. The maximum Gasteiger partial charge on any atom is 0.151 e. The summed E-state index contributed by atoms with van der Waals surface area (Å²) < 4.78 is 7.81. The SMILES string of the molecule is CCCC(OCC(C)C)n1cc(-c2ccc(C)cc2)nn1. The van der Waals surface area contributed by atoms with Gasteiger partial charge in [-0.15, -0.1) is 5.10 Å². The van der Waals surface area contributed by atoms with Gasteiger partial charge in [0.1, 0.15) is 5.69 Å². The van der Waals surface area contributed by atoms with Crippen LogP contribution in [0.4, 0.5) is 0 Å². The molecule has 1 aromatic carbocycles. The van der Waals surface area contributed by atoms with Gasteiger partial charge in [0.2, 0.25) is 0 Å². The van der Waals surface area contributed by atoms with Gasteiger partial charge in [-0.05, 0) is 19.3 Å². The van der Waals surface area contributed by atoms with Crippen LogP contribution in [0.15, 0.2) is 30.5 Å². The standard InChI is InChI=1S/C17H25N3O/c1-5-6-17(21-12-13(2)3)20-11-16(18-19-20)15-9-7-14(4)8-10-15/h7-11,13,17H,5-6,12H2,1-4H3. The van der Waals surface area contributed by atoms with Crippen molar-refractivity contribution < 1.29 is 4.74 Å². The number of hydrogen-bond donors (Lipinski definition) is 0. The van der Waals surface area contributed by atoms with E-state index < -0.39 is 0 Å². The molecule has 0 radical (unpaired) electrons. The Hall–Kier alpha value is -1.68. The van der Waals surface area contributed by atoms with E-state index >= 15 is 0 Å². The molecule has 0 aliphatic rings. The number of ether oxygens (including phenoxy) is 1. The molecule has 1 aromatic heterocycles. The third-order valence-electron chi connectivity index (χ3n) is 3.31. The van der Waals surface area contributed by atoms with Crippen LogP contribution in [0.1, 0.15) is 45.4 Å². The Morgan fingerprint density at radius 1 is 1.19 bits per heavy atom. The molecular weight excluding hydrogens is 262 g/mol. The number of benzene rings is 1. The van der Waals surface area contributed by atoms with Gasteiger partial charge in [0.05, 0.1) is 12.8 Å². The molecule has 0 saturated heterocycles. The minimum absolute atomic E-state index is 0.0240. The predicted octanol–water partition coefficient (Wildman–Crippen LogP) is 4.22. The summed E-state index contributed by atoms with van der Waals surface area (Å²) in [5, 5.41) is 8.53. The van der Waals surface area contributed by atoms with Crippen molar-refractivity contribution in [2.24, 2.45) is 5.92 Å². The van der Waals surface area contributed by atoms with Crippen LogP contribution in [0.25, 0.3) is 11.3 Å². The van der Waals surface area contributed by atoms with Crippen molar-refractivity contribution in [3.63, 3.8) is 0 Å². The van der Waals surface area contributed by atoms with E-state index in [-0.39, 0.29) is 6.23 Å². The van der Waals surface area contributed by atoms with Gasteiger partial charge >= 0.3 is 0 Å². The highest BCUT2D eigenvalue weighted by molar-refractivity contribution is 5.57. The number of aromatic nitrogens is 3. The molecule has 21 heavy (non-hydrogen) atoms. The molecule has 0 amide bonds. The van der Waals surface area contributed by atoms with E-state index in [9.17, 15) is 0 Å². The van der Waals surface area contributed by atoms with E-state index in [4.69, 9.17) is 4.74 Å². The van der Waals surface area contributed by atoms with E-state index in [0.717, 1.165) is 30.7 Å². The van der Waals surface area contributed by atoms with Crippen LogP contribution in [0.3, 0.4) is 0 Å². The normalized spacial score (nSPS) is 12.8. The van der Waals surface area contributed by atoms with Crippen molar-refractivity contribution in [2.75, 3.05) is 6.61 Å². The molecule has 0 aliphatic carbocycles. The summed E-state index contributed by atoms with van der Waals surface area (Å²) in [5.74, 6) is 0.518. The van der Waals surface area contributed by atoms with Crippen molar-refractivity contribution in [1.82, 2.24) is 15.0 Å². The van der Waals surface area contributed by atoms with Gasteiger partial charge in [-0.1, -0.05) is 62.2 Å². The van der Waals surface area contributed by atoms with Gasteiger partial charge in [-0.25, -0.2) is 4.68 Å². The van der Waals surface area contributed by atoms with Gasteiger partial charge in [0, 0.05) is 5.56 Å². The highest BCUT2D eigenvalue weighted by atomic mass is 16.5. The van der Waals surface area contributed by atoms with Gasteiger partial charge in [0.25, 0.3) is 0 Å². The van der Waals surface area contributed by atoms with Crippen LogP contribution >= 0.6 is 0 Å².